The van der Waals surface area contributed by atoms with Crippen LogP contribution in [0.25, 0.3) is 17.0 Å². The quantitative estimate of drug-likeness (QED) is 0.875. The van der Waals surface area contributed by atoms with Gasteiger partial charge in [0.1, 0.15) is 5.69 Å². The molecule has 3 rings (SSSR count). The first kappa shape index (κ1) is 15.4. The van der Waals surface area contributed by atoms with Crippen molar-refractivity contribution in [2.24, 2.45) is 5.41 Å². The third-order valence-electron chi connectivity index (χ3n) is 3.90. The average molecular weight is 308 g/mol. The maximum Gasteiger partial charge on any atom is 0.229 e. The third kappa shape index (κ3) is 3.02. The molecular weight excluding hydrogens is 288 g/mol. The Morgan fingerprint density at radius 1 is 1.22 bits per heavy atom. The van der Waals surface area contributed by atoms with E-state index in [0.717, 1.165) is 22.0 Å². The fourth-order valence-electron chi connectivity index (χ4n) is 2.54. The summed E-state index contributed by atoms with van der Waals surface area (Å²) < 4.78 is 0. The number of benzene rings is 1. The first-order valence-corrected chi connectivity index (χ1v) is 7.71. The lowest BCUT2D eigenvalue weighted by Gasteiger charge is -2.21. The number of allylic oxidation sites excluding steroid dienone is 1. The summed E-state index contributed by atoms with van der Waals surface area (Å²) in [6.45, 7) is 7.54. The van der Waals surface area contributed by atoms with E-state index in [2.05, 4.69) is 10.3 Å². The minimum absolute atomic E-state index is 0.0601. The molecule has 0 radical (unpaired) electrons. The van der Waals surface area contributed by atoms with Gasteiger partial charge in [0.05, 0.1) is 11.9 Å². The first-order chi connectivity index (χ1) is 10.7. The van der Waals surface area contributed by atoms with Crippen LogP contribution in [0, 0.1) is 12.3 Å². The summed E-state index contributed by atoms with van der Waals surface area (Å²) >= 11 is 0. The Bertz CT molecular complexity index is 858. The fraction of sp³-hybridized carbons (Fsp3) is 0.316. The van der Waals surface area contributed by atoms with Gasteiger partial charge in [-0.2, -0.15) is 0 Å². The zero-order chi connectivity index (χ0) is 16.8. The van der Waals surface area contributed by atoms with Gasteiger partial charge in [0.25, 0.3) is 0 Å². The van der Waals surface area contributed by atoms with Gasteiger partial charge in [-0.25, -0.2) is 4.98 Å². The van der Waals surface area contributed by atoms with E-state index in [1.807, 2.05) is 58.0 Å². The highest BCUT2D eigenvalue weighted by Crippen LogP contribution is 2.26. The zero-order valence-electron chi connectivity index (χ0n) is 13.9. The molecule has 1 aliphatic carbocycles. The van der Waals surface area contributed by atoms with Gasteiger partial charge in [0.15, 0.2) is 5.78 Å². The summed E-state index contributed by atoms with van der Waals surface area (Å²) in [7, 11) is 0. The molecule has 1 aromatic carbocycles. The summed E-state index contributed by atoms with van der Waals surface area (Å²) in [6, 6.07) is 7.95. The molecule has 1 heterocycles. The zero-order valence-corrected chi connectivity index (χ0v) is 13.9. The van der Waals surface area contributed by atoms with Gasteiger partial charge in [-0.05, 0) is 30.7 Å². The largest absolute Gasteiger partial charge is 0.329 e. The van der Waals surface area contributed by atoms with Gasteiger partial charge in [0.2, 0.25) is 5.91 Å². The number of hydrogen-bond donors (Lipinski definition) is 1. The monoisotopic (exact) mass is 308 g/mol. The molecule has 1 aromatic heterocycles. The van der Waals surface area contributed by atoms with Gasteiger partial charge in [-0.15, -0.1) is 0 Å². The number of aromatic nitrogens is 1. The molecule has 0 saturated carbocycles. The van der Waals surface area contributed by atoms with Crippen molar-refractivity contribution in [3.8, 4) is 0 Å². The van der Waals surface area contributed by atoms with Crippen LogP contribution in [-0.4, -0.2) is 16.7 Å². The van der Waals surface area contributed by atoms with Crippen LogP contribution in [-0.2, 0) is 4.79 Å². The molecule has 0 bridgehead atoms. The minimum Gasteiger partial charge on any atom is -0.329 e. The number of carbonyl (C=O) groups is 2. The second-order valence-corrected chi connectivity index (χ2v) is 7.10. The molecule has 1 aliphatic rings. The van der Waals surface area contributed by atoms with Crippen molar-refractivity contribution >= 4 is 28.7 Å². The van der Waals surface area contributed by atoms with E-state index in [9.17, 15) is 9.59 Å². The Balaban J connectivity index is 2.03. The van der Waals surface area contributed by atoms with E-state index in [0.29, 0.717) is 11.4 Å². The number of nitrogens with zero attached hydrogens (tertiary/aromatic N) is 1. The van der Waals surface area contributed by atoms with Crippen LogP contribution in [0.4, 0.5) is 0 Å². The summed E-state index contributed by atoms with van der Waals surface area (Å²) in [5, 5.41) is 3.85. The van der Waals surface area contributed by atoms with Crippen LogP contribution in [0.3, 0.4) is 0 Å². The highest BCUT2D eigenvalue weighted by molar-refractivity contribution is 6.05. The standard InChI is InChI=1S/C19H20N2O2/c1-11-5-6-12-8-13-9-14(20-18(23)19(2,3)4)10-16(22)17(13)21-15(12)7-11/h5-9H,10H2,1-4H3,(H,20,23). The number of rotatable bonds is 1. The van der Waals surface area contributed by atoms with Crippen LogP contribution in [0.15, 0.2) is 30.0 Å². The van der Waals surface area contributed by atoms with Crippen LogP contribution in [0.1, 0.15) is 48.8 Å². The fourth-order valence-corrected chi connectivity index (χ4v) is 2.54. The van der Waals surface area contributed by atoms with Gasteiger partial charge in [0, 0.05) is 22.1 Å². The molecule has 0 saturated heterocycles. The Labute approximate surface area is 135 Å². The number of ketones is 1. The van der Waals surface area contributed by atoms with Crippen LogP contribution in [0.2, 0.25) is 0 Å². The van der Waals surface area contributed by atoms with Gasteiger partial charge >= 0.3 is 0 Å². The molecule has 0 aliphatic heterocycles. The first-order valence-electron chi connectivity index (χ1n) is 7.71. The van der Waals surface area contributed by atoms with E-state index < -0.39 is 5.41 Å². The predicted molar refractivity (Wildman–Crippen MR) is 91.0 cm³/mol. The number of Topliss-reactive ketones (excluding diaryl/α,β-unsaturated/α-hetero) is 1. The van der Waals surface area contributed by atoms with E-state index in [4.69, 9.17) is 0 Å². The Morgan fingerprint density at radius 3 is 2.65 bits per heavy atom. The van der Waals surface area contributed by atoms with Crippen LogP contribution < -0.4 is 5.32 Å². The van der Waals surface area contributed by atoms with Crippen molar-refractivity contribution < 1.29 is 9.59 Å². The number of fused-ring (bicyclic) bond motifs is 2. The van der Waals surface area contributed by atoms with Crippen LogP contribution in [0.5, 0.6) is 0 Å². The lowest BCUT2D eigenvalue weighted by molar-refractivity contribution is -0.127. The maximum absolute atomic E-state index is 12.4. The molecule has 0 unspecified atom stereocenters. The van der Waals surface area contributed by atoms with Crippen molar-refractivity contribution in [2.75, 3.05) is 0 Å². The smallest absolute Gasteiger partial charge is 0.229 e. The van der Waals surface area contributed by atoms with Crippen molar-refractivity contribution in [1.82, 2.24) is 10.3 Å². The second kappa shape index (κ2) is 5.30. The second-order valence-electron chi connectivity index (χ2n) is 7.10. The molecule has 23 heavy (non-hydrogen) atoms. The van der Waals surface area contributed by atoms with Crippen molar-refractivity contribution in [1.29, 1.82) is 0 Å². The lowest BCUT2D eigenvalue weighted by Crippen LogP contribution is -2.35. The Hall–Kier alpha value is -2.49. The van der Waals surface area contributed by atoms with E-state index in [1.165, 1.54) is 0 Å². The predicted octanol–water partition coefficient (Wildman–Crippen LogP) is 3.63. The van der Waals surface area contributed by atoms with Crippen molar-refractivity contribution in [3.05, 3.63) is 46.8 Å². The molecule has 0 fully saturated rings. The average Bonchev–Trinajstić information content (AvgIpc) is 2.45. The minimum atomic E-state index is -0.497. The highest BCUT2D eigenvalue weighted by Gasteiger charge is 2.26. The van der Waals surface area contributed by atoms with Gasteiger partial charge in [-0.3, -0.25) is 9.59 Å². The maximum atomic E-state index is 12.4. The number of aryl methyl sites for hydroxylation is 1. The summed E-state index contributed by atoms with van der Waals surface area (Å²) in [4.78, 5) is 29.0. The molecule has 2 aromatic rings. The van der Waals surface area contributed by atoms with Crippen molar-refractivity contribution in [3.63, 3.8) is 0 Å². The van der Waals surface area contributed by atoms with E-state index in [-0.39, 0.29) is 18.1 Å². The molecule has 0 spiro atoms. The molecule has 4 nitrogen and oxygen atoms in total. The van der Waals surface area contributed by atoms with Crippen LogP contribution >= 0.6 is 0 Å². The highest BCUT2D eigenvalue weighted by atomic mass is 16.2. The van der Waals surface area contributed by atoms with E-state index in [1.54, 1.807) is 0 Å². The number of pyridine rings is 1. The number of amides is 1. The van der Waals surface area contributed by atoms with Gasteiger partial charge < -0.3 is 5.32 Å². The Kier molecular flexibility index (Phi) is 3.55. The summed E-state index contributed by atoms with van der Waals surface area (Å²) in [5.41, 5.74) is 3.33. The normalized spacial score (nSPS) is 14.4. The summed E-state index contributed by atoms with van der Waals surface area (Å²) in [5.74, 6) is -0.153. The Morgan fingerprint density at radius 2 is 1.96 bits per heavy atom. The summed E-state index contributed by atoms with van der Waals surface area (Å²) in [6.07, 6.45) is 2.03. The SMILES string of the molecule is Cc1ccc2cc3c(nc2c1)C(=O)CC(NC(=O)C(C)(C)C)=C3. The number of nitrogens with one attached hydrogen (secondary N) is 1. The molecule has 1 amide bonds. The number of hydrogen-bond acceptors (Lipinski definition) is 3. The lowest BCUT2D eigenvalue weighted by atomic mass is 9.93. The molecular formula is C19H20N2O2. The van der Waals surface area contributed by atoms with Gasteiger partial charge in [-0.1, -0.05) is 32.9 Å². The topological polar surface area (TPSA) is 59.1 Å². The van der Waals surface area contributed by atoms with E-state index >= 15 is 0 Å². The molecule has 0 atom stereocenters. The third-order valence-corrected chi connectivity index (χ3v) is 3.90. The molecule has 1 N–H and O–H groups in total. The molecule has 4 heteroatoms. The molecule has 118 valence electrons. The van der Waals surface area contributed by atoms with Crippen molar-refractivity contribution in [2.45, 2.75) is 34.1 Å². The number of carbonyl (C=O) groups excluding carboxylic acids is 2.